The van der Waals surface area contributed by atoms with Crippen molar-refractivity contribution in [3.8, 4) is 0 Å². The Morgan fingerprint density at radius 1 is 0.882 bits per heavy atom. The predicted molar refractivity (Wildman–Crippen MR) is 125 cm³/mol. The van der Waals surface area contributed by atoms with Crippen LogP contribution in [0.4, 0.5) is 5.69 Å². The molecule has 1 fully saturated rings. The second-order valence-corrected chi connectivity index (χ2v) is 8.10. The molecule has 1 atom stereocenters. The van der Waals surface area contributed by atoms with E-state index in [0.717, 1.165) is 11.1 Å². The van der Waals surface area contributed by atoms with Gasteiger partial charge >= 0.3 is 0 Å². The highest BCUT2D eigenvalue weighted by Gasteiger charge is 2.35. The largest absolute Gasteiger partial charge is 0.338 e. The lowest BCUT2D eigenvalue weighted by atomic mass is 10.0. The summed E-state index contributed by atoms with van der Waals surface area (Å²) in [4.78, 5) is 53.7. The summed E-state index contributed by atoms with van der Waals surface area (Å²) in [6.07, 6.45) is 1.42. The van der Waals surface area contributed by atoms with Crippen molar-refractivity contribution in [3.63, 3.8) is 0 Å². The van der Waals surface area contributed by atoms with Crippen LogP contribution in [-0.2, 0) is 11.3 Å². The third kappa shape index (κ3) is 5.10. The van der Waals surface area contributed by atoms with E-state index >= 15 is 0 Å². The first-order valence-electron chi connectivity index (χ1n) is 10.9. The molecule has 0 spiro atoms. The Morgan fingerprint density at radius 2 is 1.53 bits per heavy atom. The van der Waals surface area contributed by atoms with Crippen LogP contribution in [0.25, 0.3) is 0 Å². The highest BCUT2D eigenvalue weighted by molar-refractivity contribution is 6.11. The molecule has 2 heterocycles. The molecule has 1 aromatic heterocycles. The second kappa shape index (κ2) is 10.2. The van der Waals surface area contributed by atoms with Gasteiger partial charge in [-0.3, -0.25) is 34.0 Å². The Hall–Kier alpha value is -4.11. The van der Waals surface area contributed by atoms with Gasteiger partial charge in [0.2, 0.25) is 0 Å². The summed E-state index contributed by atoms with van der Waals surface area (Å²) in [7, 11) is 0. The van der Waals surface area contributed by atoms with Crippen LogP contribution in [0, 0.1) is 10.1 Å². The van der Waals surface area contributed by atoms with Crippen LogP contribution in [0.2, 0.25) is 0 Å². The molecule has 0 radical (unpaired) electrons. The van der Waals surface area contributed by atoms with E-state index in [1.165, 1.54) is 42.1 Å². The van der Waals surface area contributed by atoms with Crippen molar-refractivity contribution in [2.45, 2.75) is 12.6 Å². The van der Waals surface area contributed by atoms with E-state index in [9.17, 15) is 24.5 Å². The third-order valence-electron chi connectivity index (χ3n) is 5.91. The summed E-state index contributed by atoms with van der Waals surface area (Å²) in [5.74, 6) is -1.05. The van der Waals surface area contributed by atoms with E-state index in [1.54, 1.807) is 17.0 Å². The molecule has 1 aliphatic heterocycles. The summed E-state index contributed by atoms with van der Waals surface area (Å²) < 4.78 is 1.13. The maximum atomic E-state index is 13.5. The van der Waals surface area contributed by atoms with E-state index in [0.29, 0.717) is 26.2 Å². The van der Waals surface area contributed by atoms with E-state index in [1.807, 2.05) is 18.2 Å². The molecule has 3 aromatic rings. The molecule has 0 aliphatic carbocycles. The van der Waals surface area contributed by atoms with Crippen molar-refractivity contribution in [2.24, 2.45) is 0 Å². The zero-order valence-electron chi connectivity index (χ0n) is 18.4. The molecule has 0 saturated carbocycles. The van der Waals surface area contributed by atoms with E-state index in [2.05, 4.69) is 17.0 Å². The van der Waals surface area contributed by atoms with Crippen LogP contribution in [-0.4, -0.2) is 57.2 Å². The molecule has 0 N–H and O–H groups in total. The van der Waals surface area contributed by atoms with Gasteiger partial charge in [-0.2, -0.15) is 0 Å². The first kappa shape index (κ1) is 23.1. The first-order chi connectivity index (χ1) is 16.4. The van der Waals surface area contributed by atoms with Crippen molar-refractivity contribution >= 4 is 17.4 Å². The molecule has 9 heteroatoms. The van der Waals surface area contributed by atoms with Crippen LogP contribution in [0.1, 0.15) is 22.0 Å². The number of aromatic nitrogens is 1. The van der Waals surface area contributed by atoms with Crippen molar-refractivity contribution in [3.05, 3.63) is 111 Å². The van der Waals surface area contributed by atoms with Crippen LogP contribution >= 0.6 is 0 Å². The summed E-state index contributed by atoms with van der Waals surface area (Å²) in [6.45, 7) is 2.91. The molecule has 0 bridgehead atoms. The van der Waals surface area contributed by atoms with Gasteiger partial charge in [0.25, 0.3) is 17.2 Å². The number of benzene rings is 2. The minimum atomic E-state index is -1.38. The van der Waals surface area contributed by atoms with Gasteiger partial charge in [-0.15, -0.1) is 0 Å². The standard InChI is InChI=1S/C25H24N4O5/c30-22-8-4-5-13-28(22)23(24(31)20-9-11-21(12-10-20)29(33)34)25(32)27-16-14-26(15-17-27)18-19-6-2-1-3-7-19/h1-13,23H,14-18H2. The quantitative estimate of drug-likeness (QED) is 0.232. The number of nitrogens with zero attached hydrogens (tertiary/aromatic N) is 4. The normalized spacial score (nSPS) is 15.0. The van der Waals surface area contributed by atoms with Gasteiger partial charge in [0.05, 0.1) is 4.92 Å². The Kier molecular flexibility index (Phi) is 6.93. The van der Waals surface area contributed by atoms with Crippen molar-refractivity contribution in [2.75, 3.05) is 26.2 Å². The molecular formula is C25H24N4O5. The Balaban J connectivity index is 1.54. The fraction of sp³-hybridized carbons (Fsp3) is 0.240. The van der Waals surface area contributed by atoms with Crippen LogP contribution in [0.3, 0.4) is 0 Å². The van der Waals surface area contributed by atoms with Gasteiger partial charge in [-0.1, -0.05) is 36.4 Å². The van der Waals surface area contributed by atoms with Crippen LogP contribution in [0.5, 0.6) is 0 Å². The van der Waals surface area contributed by atoms with E-state index < -0.39 is 28.2 Å². The number of carbonyl (C=O) groups is 2. The smallest absolute Gasteiger partial charge is 0.269 e. The lowest BCUT2D eigenvalue weighted by Gasteiger charge is -2.36. The number of carbonyl (C=O) groups excluding carboxylic acids is 2. The second-order valence-electron chi connectivity index (χ2n) is 8.10. The number of non-ortho nitro benzene ring substituents is 1. The zero-order chi connectivity index (χ0) is 24.1. The third-order valence-corrected chi connectivity index (χ3v) is 5.91. The lowest BCUT2D eigenvalue weighted by molar-refractivity contribution is -0.384. The van der Waals surface area contributed by atoms with Gasteiger partial charge < -0.3 is 4.90 Å². The van der Waals surface area contributed by atoms with Gasteiger partial charge in [0, 0.05) is 62.7 Å². The van der Waals surface area contributed by atoms with E-state index in [4.69, 9.17) is 0 Å². The molecule has 4 rings (SSSR count). The van der Waals surface area contributed by atoms with E-state index in [-0.39, 0.29) is 11.3 Å². The number of nitro benzene ring substituents is 1. The fourth-order valence-electron chi connectivity index (χ4n) is 4.06. The van der Waals surface area contributed by atoms with Crippen molar-refractivity contribution < 1.29 is 14.5 Å². The predicted octanol–water partition coefficient (Wildman–Crippen LogP) is 2.52. The molecule has 34 heavy (non-hydrogen) atoms. The SMILES string of the molecule is O=C(c1ccc([N+](=O)[O-])cc1)C(C(=O)N1CCN(Cc2ccccc2)CC1)n1ccccc1=O. The first-order valence-corrected chi connectivity index (χ1v) is 10.9. The number of hydrogen-bond donors (Lipinski definition) is 0. The summed E-state index contributed by atoms with van der Waals surface area (Å²) in [6, 6.07) is 18.1. The number of hydrogen-bond acceptors (Lipinski definition) is 6. The minimum Gasteiger partial charge on any atom is -0.338 e. The molecule has 1 saturated heterocycles. The number of amides is 1. The Labute approximate surface area is 196 Å². The molecule has 1 amide bonds. The molecule has 2 aromatic carbocycles. The molecular weight excluding hydrogens is 436 g/mol. The van der Waals surface area contributed by atoms with Gasteiger partial charge in [-0.25, -0.2) is 0 Å². The lowest BCUT2D eigenvalue weighted by Crippen LogP contribution is -2.52. The van der Waals surface area contributed by atoms with Crippen molar-refractivity contribution in [1.82, 2.24) is 14.4 Å². The highest BCUT2D eigenvalue weighted by atomic mass is 16.6. The number of nitro groups is 1. The average molecular weight is 460 g/mol. The maximum Gasteiger partial charge on any atom is 0.269 e. The van der Waals surface area contributed by atoms with Gasteiger partial charge in [-0.05, 0) is 23.8 Å². The number of pyridine rings is 1. The monoisotopic (exact) mass is 460 g/mol. The summed E-state index contributed by atoms with van der Waals surface area (Å²) >= 11 is 0. The maximum absolute atomic E-state index is 13.5. The minimum absolute atomic E-state index is 0.127. The van der Waals surface area contributed by atoms with Crippen LogP contribution in [0.15, 0.2) is 83.8 Å². The molecule has 174 valence electrons. The van der Waals surface area contributed by atoms with Crippen molar-refractivity contribution in [1.29, 1.82) is 0 Å². The van der Waals surface area contributed by atoms with Gasteiger partial charge in [0.15, 0.2) is 11.8 Å². The zero-order valence-corrected chi connectivity index (χ0v) is 18.4. The van der Waals surface area contributed by atoms with Crippen LogP contribution < -0.4 is 5.56 Å². The summed E-state index contributed by atoms with van der Waals surface area (Å²) in [5, 5.41) is 10.9. The summed E-state index contributed by atoms with van der Waals surface area (Å²) in [5.41, 5.74) is 0.677. The Morgan fingerprint density at radius 3 is 2.15 bits per heavy atom. The molecule has 1 aliphatic rings. The number of piperazine rings is 1. The van der Waals surface area contributed by atoms with Gasteiger partial charge in [0.1, 0.15) is 0 Å². The average Bonchev–Trinajstić information content (AvgIpc) is 2.86. The molecule has 1 unspecified atom stereocenters. The highest BCUT2D eigenvalue weighted by Crippen LogP contribution is 2.20. The number of Topliss-reactive ketones (excluding diaryl/α,β-unsaturated/α-hetero) is 1. The number of rotatable bonds is 7. The topological polar surface area (TPSA) is 106 Å². The molecule has 9 nitrogen and oxygen atoms in total. The fourth-order valence-corrected chi connectivity index (χ4v) is 4.06. The Bertz CT molecular complexity index is 1230. The number of ketones is 1.